The summed E-state index contributed by atoms with van der Waals surface area (Å²) in [5.41, 5.74) is 1.23. The number of fused-ring (bicyclic) bond motifs is 1. The smallest absolute Gasteiger partial charge is 0.409 e. The number of esters is 1. The molecule has 0 fully saturated rings. The van der Waals surface area contributed by atoms with Gasteiger partial charge in [0.05, 0.1) is 24.0 Å². The topological polar surface area (TPSA) is 138 Å². The van der Waals surface area contributed by atoms with Crippen molar-refractivity contribution < 1.29 is 33.8 Å². The van der Waals surface area contributed by atoms with Crippen molar-refractivity contribution in [3.63, 3.8) is 0 Å². The summed E-state index contributed by atoms with van der Waals surface area (Å²) in [7, 11) is 6.45. The number of anilines is 3. The molecular weight excluding hydrogens is 444 g/mol. The van der Waals surface area contributed by atoms with E-state index < -0.39 is 29.9 Å². The Kier molecular flexibility index (Phi) is 7.24. The van der Waals surface area contributed by atoms with E-state index in [0.717, 1.165) is 5.69 Å². The molecule has 1 atom stereocenters. The lowest BCUT2D eigenvalue weighted by molar-refractivity contribution is -0.140. The zero-order valence-electron chi connectivity index (χ0n) is 19.2. The number of nitrogens with one attached hydrogen (secondary N) is 2. The minimum atomic E-state index is -1.34. The van der Waals surface area contributed by atoms with Crippen LogP contribution in [0.25, 0.3) is 0 Å². The lowest BCUT2D eigenvalue weighted by atomic mass is 10.1. The summed E-state index contributed by atoms with van der Waals surface area (Å²) in [6.45, 7) is 0. The van der Waals surface area contributed by atoms with Crippen molar-refractivity contribution in [1.82, 2.24) is 5.32 Å². The van der Waals surface area contributed by atoms with Gasteiger partial charge < -0.3 is 29.7 Å². The van der Waals surface area contributed by atoms with E-state index in [2.05, 4.69) is 15.4 Å². The molecule has 1 heterocycles. The zero-order valence-corrected chi connectivity index (χ0v) is 19.2. The molecule has 0 unspecified atom stereocenters. The molecule has 0 bridgehead atoms. The van der Waals surface area contributed by atoms with Crippen molar-refractivity contribution in [3.05, 3.63) is 42.0 Å². The molecule has 3 N–H and O–H groups in total. The maximum absolute atomic E-state index is 13.0. The van der Waals surface area contributed by atoms with Gasteiger partial charge in [0.15, 0.2) is 5.75 Å². The fourth-order valence-corrected chi connectivity index (χ4v) is 3.49. The van der Waals surface area contributed by atoms with Gasteiger partial charge in [-0.05, 0) is 30.7 Å². The van der Waals surface area contributed by atoms with E-state index in [0.29, 0.717) is 5.75 Å². The summed E-state index contributed by atoms with van der Waals surface area (Å²) in [6, 6.07) is 8.91. The zero-order chi connectivity index (χ0) is 25.0. The Morgan fingerprint density at radius 3 is 2.59 bits per heavy atom. The van der Waals surface area contributed by atoms with Gasteiger partial charge in [0.25, 0.3) is 5.91 Å². The average molecular weight is 470 g/mol. The third-order valence-electron chi connectivity index (χ3n) is 5.31. The normalized spacial score (nSPS) is 15.1. The quantitative estimate of drug-likeness (QED) is 0.525. The highest BCUT2D eigenvalue weighted by Crippen LogP contribution is 2.38. The molecule has 3 amide bonds. The number of carboxylic acid groups (broad SMARTS) is 1. The van der Waals surface area contributed by atoms with Crippen LogP contribution in [-0.2, 0) is 14.3 Å². The van der Waals surface area contributed by atoms with E-state index in [1.807, 2.05) is 25.1 Å². The average Bonchev–Trinajstić information content (AvgIpc) is 2.88. The minimum absolute atomic E-state index is 0.0521. The monoisotopic (exact) mass is 470 g/mol. The fraction of sp³-hybridized carbons (Fsp3) is 0.304. The number of nitrogens with zero attached hydrogens (tertiary/aromatic N) is 2. The molecule has 11 heteroatoms. The Morgan fingerprint density at radius 1 is 1.21 bits per heavy atom. The highest BCUT2D eigenvalue weighted by molar-refractivity contribution is 6.12. The van der Waals surface area contributed by atoms with Crippen LogP contribution in [0.1, 0.15) is 23.2 Å². The number of rotatable bonds is 7. The van der Waals surface area contributed by atoms with E-state index in [-0.39, 0.29) is 35.5 Å². The summed E-state index contributed by atoms with van der Waals surface area (Å²) in [4.78, 5) is 52.0. The summed E-state index contributed by atoms with van der Waals surface area (Å²) in [5, 5.41) is 14.2. The lowest BCUT2D eigenvalue weighted by Crippen LogP contribution is -2.44. The third-order valence-corrected chi connectivity index (χ3v) is 5.31. The molecule has 2 aromatic rings. The van der Waals surface area contributed by atoms with Gasteiger partial charge in [-0.1, -0.05) is 6.07 Å². The van der Waals surface area contributed by atoms with Crippen molar-refractivity contribution in [2.24, 2.45) is 0 Å². The molecule has 0 saturated carbocycles. The first-order chi connectivity index (χ1) is 16.1. The second kappa shape index (κ2) is 10.1. The Balaban J connectivity index is 2.01. The summed E-state index contributed by atoms with van der Waals surface area (Å²) < 4.78 is 10.6. The molecule has 0 saturated heterocycles. The summed E-state index contributed by atoms with van der Waals surface area (Å²) in [6.07, 6.45) is -1.34. The van der Waals surface area contributed by atoms with Gasteiger partial charge in [0, 0.05) is 39.3 Å². The van der Waals surface area contributed by atoms with Crippen molar-refractivity contribution in [2.75, 3.05) is 43.4 Å². The van der Waals surface area contributed by atoms with Crippen LogP contribution in [0.3, 0.4) is 0 Å². The van der Waals surface area contributed by atoms with Crippen LogP contribution < -0.4 is 25.2 Å². The van der Waals surface area contributed by atoms with Crippen LogP contribution in [0.2, 0.25) is 0 Å². The molecular formula is C23H26N4O7. The van der Waals surface area contributed by atoms with E-state index in [1.165, 1.54) is 31.2 Å². The standard InChI is InChI=1S/C23H26N4O7/c1-26(2)13-6-5-7-14(10-13)34-19-11-15-18(12-17(19)25-23(31)32)27(3)22(30)16(24-21(15)29)8-9-20(28)33-4/h5-7,10-12,16,25H,8-9H2,1-4H3,(H,24,29)(H,31,32)/t16-/m1/s1. The van der Waals surface area contributed by atoms with Crippen LogP contribution in [0, 0.1) is 0 Å². The Bertz CT molecular complexity index is 1130. The second-order valence-corrected chi connectivity index (χ2v) is 7.83. The van der Waals surface area contributed by atoms with Gasteiger partial charge in [-0.2, -0.15) is 0 Å². The number of ether oxygens (including phenoxy) is 2. The Labute approximate surface area is 196 Å². The molecule has 1 aliphatic rings. The van der Waals surface area contributed by atoms with E-state index in [9.17, 15) is 24.3 Å². The van der Waals surface area contributed by atoms with Gasteiger partial charge in [-0.3, -0.25) is 19.7 Å². The van der Waals surface area contributed by atoms with Gasteiger partial charge in [0.2, 0.25) is 5.91 Å². The van der Waals surface area contributed by atoms with Crippen LogP contribution in [0.5, 0.6) is 11.5 Å². The SMILES string of the molecule is COC(=O)CC[C@H]1NC(=O)c2cc(Oc3cccc(N(C)C)c3)c(NC(=O)O)cc2N(C)C1=O. The van der Waals surface area contributed by atoms with Gasteiger partial charge in [-0.15, -0.1) is 0 Å². The van der Waals surface area contributed by atoms with Crippen molar-refractivity contribution in [3.8, 4) is 11.5 Å². The second-order valence-electron chi connectivity index (χ2n) is 7.83. The number of hydrogen-bond acceptors (Lipinski definition) is 7. The van der Waals surface area contributed by atoms with Crippen LogP contribution >= 0.6 is 0 Å². The molecule has 0 aromatic heterocycles. The maximum Gasteiger partial charge on any atom is 0.409 e. The Hall–Kier alpha value is -4.28. The minimum Gasteiger partial charge on any atom is -0.469 e. The van der Waals surface area contributed by atoms with Crippen LogP contribution in [0.15, 0.2) is 36.4 Å². The highest BCUT2D eigenvalue weighted by Gasteiger charge is 2.33. The molecule has 34 heavy (non-hydrogen) atoms. The Morgan fingerprint density at radius 2 is 1.94 bits per heavy atom. The molecule has 11 nitrogen and oxygen atoms in total. The third kappa shape index (κ3) is 5.37. The molecule has 0 spiro atoms. The molecule has 0 aliphatic carbocycles. The molecule has 1 aliphatic heterocycles. The number of hydrogen-bond donors (Lipinski definition) is 3. The van der Waals surface area contributed by atoms with Gasteiger partial charge in [-0.25, -0.2) is 4.79 Å². The largest absolute Gasteiger partial charge is 0.469 e. The van der Waals surface area contributed by atoms with Gasteiger partial charge in [0.1, 0.15) is 11.8 Å². The van der Waals surface area contributed by atoms with E-state index in [1.54, 1.807) is 18.2 Å². The summed E-state index contributed by atoms with van der Waals surface area (Å²) in [5.74, 6) is -1.01. The first-order valence-electron chi connectivity index (χ1n) is 10.4. The number of amides is 3. The first kappa shape index (κ1) is 24.4. The first-order valence-corrected chi connectivity index (χ1v) is 10.4. The highest BCUT2D eigenvalue weighted by atomic mass is 16.5. The molecule has 180 valence electrons. The van der Waals surface area contributed by atoms with Crippen LogP contribution in [0.4, 0.5) is 21.9 Å². The number of likely N-dealkylation sites (N-methyl/N-ethyl adjacent to an activating group) is 1. The lowest BCUT2D eigenvalue weighted by Gasteiger charge is -2.22. The number of methoxy groups -OCH3 is 1. The predicted molar refractivity (Wildman–Crippen MR) is 125 cm³/mol. The number of carbonyl (C=O) groups excluding carboxylic acids is 3. The summed E-state index contributed by atoms with van der Waals surface area (Å²) >= 11 is 0. The van der Waals surface area contributed by atoms with Crippen molar-refractivity contribution in [2.45, 2.75) is 18.9 Å². The maximum atomic E-state index is 13.0. The molecule has 3 rings (SSSR count). The van der Waals surface area contributed by atoms with E-state index >= 15 is 0 Å². The number of carbonyl (C=O) groups is 4. The van der Waals surface area contributed by atoms with E-state index in [4.69, 9.17) is 4.74 Å². The fourth-order valence-electron chi connectivity index (χ4n) is 3.49. The van der Waals surface area contributed by atoms with Crippen molar-refractivity contribution >= 4 is 40.9 Å². The molecule has 0 radical (unpaired) electrons. The van der Waals surface area contributed by atoms with Crippen molar-refractivity contribution in [1.29, 1.82) is 0 Å². The number of benzene rings is 2. The molecule has 2 aromatic carbocycles. The van der Waals surface area contributed by atoms with Gasteiger partial charge >= 0.3 is 12.1 Å². The predicted octanol–water partition coefficient (Wildman–Crippen LogP) is 2.66. The van der Waals surface area contributed by atoms with Crippen LogP contribution in [-0.4, -0.2) is 63.3 Å².